The van der Waals surface area contributed by atoms with E-state index in [1.807, 2.05) is 19.1 Å². The number of rotatable bonds is 4. The standard InChI is InChI=1S/C14H21N3O2/c1-11(16-15)12-3-4-14(18-2)13(9-12)10-17-5-7-19-8-6-17/h3-4,9H,5-8,10,15H2,1-2H3/b16-11+. The van der Waals surface area contributed by atoms with Gasteiger partial charge in [-0.05, 0) is 30.7 Å². The lowest BCUT2D eigenvalue weighted by Gasteiger charge is -2.27. The molecule has 0 bridgehead atoms. The third-order valence-electron chi connectivity index (χ3n) is 3.39. The third kappa shape index (κ3) is 3.45. The molecule has 5 heteroatoms. The van der Waals surface area contributed by atoms with E-state index in [2.05, 4.69) is 16.1 Å². The van der Waals surface area contributed by atoms with E-state index in [1.54, 1.807) is 7.11 Å². The predicted molar refractivity (Wildman–Crippen MR) is 75.5 cm³/mol. The molecule has 0 atom stereocenters. The summed E-state index contributed by atoms with van der Waals surface area (Å²) in [7, 11) is 1.70. The maximum atomic E-state index is 5.43. The Bertz CT molecular complexity index is 454. The topological polar surface area (TPSA) is 60.1 Å². The maximum Gasteiger partial charge on any atom is 0.123 e. The number of morpholine rings is 1. The zero-order valence-electron chi connectivity index (χ0n) is 11.6. The fourth-order valence-electron chi connectivity index (χ4n) is 2.20. The van der Waals surface area contributed by atoms with E-state index in [0.29, 0.717) is 0 Å². The summed E-state index contributed by atoms with van der Waals surface area (Å²) in [4.78, 5) is 2.36. The summed E-state index contributed by atoms with van der Waals surface area (Å²) >= 11 is 0. The van der Waals surface area contributed by atoms with Crippen molar-refractivity contribution in [3.05, 3.63) is 29.3 Å². The summed E-state index contributed by atoms with van der Waals surface area (Å²) in [6.45, 7) is 6.27. The van der Waals surface area contributed by atoms with Crippen LogP contribution >= 0.6 is 0 Å². The van der Waals surface area contributed by atoms with Crippen molar-refractivity contribution in [1.29, 1.82) is 0 Å². The highest BCUT2D eigenvalue weighted by Gasteiger charge is 2.14. The zero-order valence-corrected chi connectivity index (χ0v) is 11.6. The lowest BCUT2D eigenvalue weighted by Crippen LogP contribution is -2.35. The second-order valence-electron chi connectivity index (χ2n) is 4.63. The molecule has 0 spiro atoms. The molecule has 1 saturated heterocycles. The van der Waals surface area contributed by atoms with Crippen LogP contribution in [0.1, 0.15) is 18.1 Å². The minimum Gasteiger partial charge on any atom is -0.496 e. The van der Waals surface area contributed by atoms with Crippen molar-refractivity contribution in [3.8, 4) is 5.75 Å². The highest BCUT2D eigenvalue weighted by Crippen LogP contribution is 2.22. The second-order valence-corrected chi connectivity index (χ2v) is 4.63. The molecule has 0 unspecified atom stereocenters. The number of nitrogens with zero attached hydrogens (tertiary/aromatic N) is 2. The van der Waals surface area contributed by atoms with Gasteiger partial charge in [-0.3, -0.25) is 4.90 Å². The average Bonchev–Trinajstić information content (AvgIpc) is 2.47. The van der Waals surface area contributed by atoms with Gasteiger partial charge in [-0.25, -0.2) is 0 Å². The van der Waals surface area contributed by atoms with Crippen LogP contribution in [0, 0.1) is 0 Å². The van der Waals surface area contributed by atoms with E-state index in [9.17, 15) is 0 Å². The number of hydrazone groups is 1. The van der Waals surface area contributed by atoms with Crippen LogP contribution in [0.2, 0.25) is 0 Å². The Morgan fingerprint density at radius 2 is 2.16 bits per heavy atom. The van der Waals surface area contributed by atoms with Gasteiger partial charge < -0.3 is 15.3 Å². The fraction of sp³-hybridized carbons (Fsp3) is 0.500. The number of benzene rings is 1. The van der Waals surface area contributed by atoms with Gasteiger partial charge in [-0.1, -0.05) is 0 Å². The highest BCUT2D eigenvalue weighted by atomic mass is 16.5. The third-order valence-corrected chi connectivity index (χ3v) is 3.39. The van der Waals surface area contributed by atoms with E-state index in [1.165, 1.54) is 0 Å². The predicted octanol–water partition coefficient (Wildman–Crippen LogP) is 1.21. The molecule has 1 aliphatic rings. The average molecular weight is 263 g/mol. The molecule has 0 aliphatic carbocycles. The molecule has 1 fully saturated rings. The Morgan fingerprint density at radius 1 is 1.42 bits per heavy atom. The first-order valence-corrected chi connectivity index (χ1v) is 6.46. The van der Waals surface area contributed by atoms with Crippen LogP contribution < -0.4 is 10.6 Å². The van der Waals surface area contributed by atoms with Crippen molar-refractivity contribution in [2.45, 2.75) is 13.5 Å². The molecule has 2 rings (SSSR count). The molecule has 104 valence electrons. The maximum absolute atomic E-state index is 5.43. The lowest BCUT2D eigenvalue weighted by atomic mass is 10.1. The zero-order chi connectivity index (χ0) is 13.7. The van der Waals surface area contributed by atoms with Gasteiger partial charge in [-0.2, -0.15) is 5.10 Å². The molecule has 0 saturated carbocycles. The van der Waals surface area contributed by atoms with Gasteiger partial charge in [-0.15, -0.1) is 0 Å². The quantitative estimate of drug-likeness (QED) is 0.504. The minimum atomic E-state index is 0.797. The van der Waals surface area contributed by atoms with Gasteiger partial charge in [0.1, 0.15) is 5.75 Å². The van der Waals surface area contributed by atoms with Crippen LogP contribution in [0.3, 0.4) is 0 Å². The molecule has 19 heavy (non-hydrogen) atoms. The van der Waals surface area contributed by atoms with Gasteiger partial charge >= 0.3 is 0 Å². The van der Waals surface area contributed by atoms with Gasteiger partial charge in [0, 0.05) is 25.2 Å². The summed E-state index contributed by atoms with van der Waals surface area (Å²) in [6, 6.07) is 6.05. The molecule has 0 radical (unpaired) electrons. The number of ether oxygens (including phenoxy) is 2. The summed E-state index contributed by atoms with van der Waals surface area (Å²) in [5, 5.41) is 3.74. The van der Waals surface area contributed by atoms with Gasteiger partial charge in [0.25, 0.3) is 0 Å². The summed E-state index contributed by atoms with van der Waals surface area (Å²) in [5.41, 5.74) is 3.02. The van der Waals surface area contributed by atoms with E-state index in [-0.39, 0.29) is 0 Å². The van der Waals surface area contributed by atoms with Crippen molar-refractivity contribution in [3.63, 3.8) is 0 Å². The van der Waals surface area contributed by atoms with Crippen LogP contribution in [-0.2, 0) is 11.3 Å². The van der Waals surface area contributed by atoms with E-state index in [4.69, 9.17) is 15.3 Å². The van der Waals surface area contributed by atoms with Gasteiger partial charge in [0.15, 0.2) is 0 Å². The SMILES string of the molecule is COc1ccc(/C(C)=N/N)cc1CN1CCOCC1. The molecule has 1 aromatic carbocycles. The highest BCUT2D eigenvalue weighted by molar-refractivity contribution is 5.98. The molecule has 5 nitrogen and oxygen atoms in total. The molecule has 1 aliphatic heterocycles. The second kappa shape index (κ2) is 6.54. The van der Waals surface area contributed by atoms with Crippen LogP contribution in [0.4, 0.5) is 0 Å². The normalized spacial score (nSPS) is 17.5. The first-order chi connectivity index (χ1) is 9.24. The Morgan fingerprint density at radius 3 is 2.79 bits per heavy atom. The monoisotopic (exact) mass is 263 g/mol. The summed E-state index contributed by atoms with van der Waals surface area (Å²) in [6.07, 6.45) is 0. The number of hydrogen-bond donors (Lipinski definition) is 1. The van der Waals surface area contributed by atoms with Crippen molar-refractivity contribution >= 4 is 5.71 Å². The smallest absolute Gasteiger partial charge is 0.123 e. The van der Waals surface area contributed by atoms with Crippen LogP contribution in [-0.4, -0.2) is 44.0 Å². The van der Waals surface area contributed by atoms with Crippen molar-refractivity contribution < 1.29 is 9.47 Å². The summed E-state index contributed by atoms with van der Waals surface area (Å²) < 4.78 is 10.8. The molecule has 1 heterocycles. The molecule has 0 aromatic heterocycles. The minimum absolute atomic E-state index is 0.797. The molecule has 2 N–H and O–H groups in total. The lowest BCUT2D eigenvalue weighted by molar-refractivity contribution is 0.0339. The first kappa shape index (κ1) is 13.8. The van der Waals surface area contributed by atoms with E-state index in [0.717, 1.165) is 55.4 Å². The van der Waals surface area contributed by atoms with E-state index < -0.39 is 0 Å². The Kier molecular flexibility index (Phi) is 4.76. The number of hydrogen-bond acceptors (Lipinski definition) is 5. The Hall–Kier alpha value is -1.59. The van der Waals surface area contributed by atoms with Crippen LogP contribution in [0.5, 0.6) is 5.75 Å². The van der Waals surface area contributed by atoms with Crippen molar-refractivity contribution in [1.82, 2.24) is 4.90 Å². The largest absolute Gasteiger partial charge is 0.496 e. The van der Waals surface area contributed by atoms with Gasteiger partial charge in [0.05, 0.1) is 26.0 Å². The van der Waals surface area contributed by atoms with Crippen LogP contribution in [0.15, 0.2) is 23.3 Å². The molecular weight excluding hydrogens is 242 g/mol. The van der Waals surface area contributed by atoms with E-state index >= 15 is 0 Å². The number of methoxy groups -OCH3 is 1. The van der Waals surface area contributed by atoms with Crippen LogP contribution in [0.25, 0.3) is 0 Å². The van der Waals surface area contributed by atoms with Crippen molar-refractivity contribution in [2.24, 2.45) is 10.9 Å². The summed E-state index contributed by atoms with van der Waals surface area (Å²) in [5.74, 6) is 6.24. The molecule has 0 amide bonds. The molecule has 1 aromatic rings. The fourth-order valence-corrected chi connectivity index (χ4v) is 2.20. The van der Waals surface area contributed by atoms with Crippen molar-refractivity contribution in [2.75, 3.05) is 33.4 Å². The van der Waals surface area contributed by atoms with Gasteiger partial charge in [0.2, 0.25) is 0 Å². The first-order valence-electron chi connectivity index (χ1n) is 6.46. The Labute approximate surface area is 114 Å². The number of nitrogens with two attached hydrogens (primary N) is 1. The Balaban J connectivity index is 2.20. The molecular formula is C14H21N3O2.